The largest absolute Gasteiger partial charge is 0.347 e. The Kier molecular flexibility index (Phi) is 5.05. The van der Waals surface area contributed by atoms with Crippen LogP contribution in [-0.4, -0.2) is 27.3 Å². The molecule has 0 spiro atoms. The highest BCUT2D eigenvalue weighted by atomic mass is 16.2. The van der Waals surface area contributed by atoms with Crippen molar-refractivity contribution in [3.63, 3.8) is 0 Å². The van der Waals surface area contributed by atoms with Crippen molar-refractivity contribution >= 4 is 11.8 Å². The molecule has 2 amide bonds. The van der Waals surface area contributed by atoms with Crippen LogP contribution in [0.15, 0.2) is 42.9 Å². The second kappa shape index (κ2) is 7.00. The highest BCUT2D eigenvalue weighted by molar-refractivity contribution is 5.98. The van der Waals surface area contributed by atoms with Crippen molar-refractivity contribution in [3.8, 4) is 0 Å². The van der Waals surface area contributed by atoms with Crippen molar-refractivity contribution in [1.82, 2.24) is 20.6 Å². The predicted octanol–water partition coefficient (Wildman–Crippen LogP) is 1.93. The maximum absolute atomic E-state index is 12.2. The molecule has 120 valence electrons. The minimum Gasteiger partial charge on any atom is -0.347 e. The monoisotopic (exact) mass is 312 g/mol. The molecule has 0 bridgehead atoms. The van der Waals surface area contributed by atoms with E-state index in [4.69, 9.17) is 0 Å². The number of hydrogen-bond donors (Lipinski definition) is 2. The molecule has 0 aliphatic heterocycles. The third-order valence-corrected chi connectivity index (χ3v) is 2.92. The molecule has 2 N–H and O–H groups in total. The van der Waals surface area contributed by atoms with Gasteiger partial charge in [0.2, 0.25) is 0 Å². The standard InChI is InChI=1S/C17H20N4O2/c1-17(2,3)21-15(22)13-6-8-19-14(9-13)16(23)20-11-12-5-4-7-18-10-12/h4-10H,11H2,1-3H3,(H,20,23)(H,21,22). The zero-order valence-electron chi connectivity index (χ0n) is 13.5. The summed E-state index contributed by atoms with van der Waals surface area (Å²) in [6, 6.07) is 6.74. The van der Waals surface area contributed by atoms with Crippen LogP contribution >= 0.6 is 0 Å². The van der Waals surface area contributed by atoms with E-state index >= 15 is 0 Å². The molecule has 2 aromatic rings. The number of carbonyl (C=O) groups is 2. The molecule has 6 nitrogen and oxygen atoms in total. The van der Waals surface area contributed by atoms with Crippen molar-refractivity contribution in [2.24, 2.45) is 0 Å². The van der Waals surface area contributed by atoms with Gasteiger partial charge in [0.15, 0.2) is 0 Å². The number of aromatic nitrogens is 2. The van der Waals surface area contributed by atoms with Gasteiger partial charge in [0.05, 0.1) is 0 Å². The van der Waals surface area contributed by atoms with Gasteiger partial charge in [0, 0.05) is 36.2 Å². The molecule has 0 saturated carbocycles. The van der Waals surface area contributed by atoms with Gasteiger partial charge < -0.3 is 10.6 Å². The Balaban J connectivity index is 2.04. The Morgan fingerprint density at radius 3 is 2.57 bits per heavy atom. The minimum atomic E-state index is -0.344. The zero-order chi connectivity index (χ0) is 16.9. The summed E-state index contributed by atoms with van der Waals surface area (Å²) in [6.45, 7) is 6.04. The lowest BCUT2D eigenvalue weighted by Gasteiger charge is -2.20. The van der Waals surface area contributed by atoms with Crippen LogP contribution in [0, 0.1) is 0 Å². The minimum absolute atomic E-state index is 0.204. The lowest BCUT2D eigenvalue weighted by molar-refractivity contribution is 0.0919. The number of amides is 2. The number of rotatable bonds is 4. The van der Waals surface area contributed by atoms with Gasteiger partial charge in [-0.25, -0.2) is 0 Å². The molecule has 2 aromatic heterocycles. The van der Waals surface area contributed by atoms with Crippen LogP contribution in [-0.2, 0) is 6.54 Å². The average molecular weight is 312 g/mol. The van der Waals surface area contributed by atoms with Crippen molar-refractivity contribution in [2.75, 3.05) is 0 Å². The summed E-state index contributed by atoms with van der Waals surface area (Å²) in [5.41, 5.74) is 1.16. The maximum Gasteiger partial charge on any atom is 0.270 e. The summed E-state index contributed by atoms with van der Waals surface area (Å²) in [5.74, 6) is -0.569. The first-order valence-electron chi connectivity index (χ1n) is 7.31. The van der Waals surface area contributed by atoms with Gasteiger partial charge in [-0.3, -0.25) is 19.6 Å². The van der Waals surface area contributed by atoms with Crippen LogP contribution < -0.4 is 10.6 Å². The Bertz CT molecular complexity index is 693. The number of hydrogen-bond acceptors (Lipinski definition) is 4. The quantitative estimate of drug-likeness (QED) is 0.903. The number of pyridine rings is 2. The van der Waals surface area contributed by atoms with Crippen LogP contribution in [0.4, 0.5) is 0 Å². The van der Waals surface area contributed by atoms with E-state index in [-0.39, 0.29) is 23.0 Å². The van der Waals surface area contributed by atoms with Crippen molar-refractivity contribution in [3.05, 3.63) is 59.7 Å². The van der Waals surface area contributed by atoms with Crippen LogP contribution in [0.25, 0.3) is 0 Å². The fourth-order valence-corrected chi connectivity index (χ4v) is 1.88. The molecular formula is C17H20N4O2. The molecule has 0 saturated heterocycles. The lowest BCUT2D eigenvalue weighted by atomic mass is 10.1. The molecule has 0 aliphatic carbocycles. The molecule has 6 heteroatoms. The highest BCUT2D eigenvalue weighted by Gasteiger charge is 2.17. The number of nitrogens with zero attached hydrogens (tertiary/aromatic N) is 2. The summed E-state index contributed by atoms with van der Waals surface area (Å²) in [4.78, 5) is 32.3. The predicted molar refractivity (Wildman–Crippen MR) is 86.9 cm³/mol. The number of carbonyl (C=O) groups excluding carboxylic acids is 2. The third-order valence-electron chi connectivity index (χ3n) is 2.92. The third kappa shape index (κ3) is 5.18. The van der Waals surface area contributed by atoms with Crippen molar-refractivity contribution < 1.29 is 9.59 Å². The van der Waals surface area contributed by atoms with E-state index in [1.807, 2.05) is 26.8 Å². The first kappa shape index (κ1) is 16.6. The van der Waals surface area contributed by atoms with Gasteiger partial charge in [-0.2, -0.15) is 0 Å². The summed E-state index contributed by atoms with van der Waals surface area (Å²) < 4.78 is 0. The van der Waals surface area contributed by atoms with E-state index < -0.39 is 0 Å². The molecule has 0 fully saturated rings. The zero-order valence-corrected chi connectivity index (χ0v) is 13.5. The van der Waals surface area contributed by atoms with Crippen LogP contribution in [0.3, 0.4) is 0 Å². The van der Waals surface area contributed by atoms with E-state index in [9.17, 15) is 9.59 Å². The normalized spacial score (nSPS) is 10.9. The van der Waals surface area contributed by atoms with Gasteiger partial charge in [-0.05, 0) is 44.5 Å². The Hall–Kier alpha value is -2.76. The molecule has 0 aliphatic rings. The highest BCUT2D eigenvalue weighted by Crippen LogP contribution is 2.06. The topological polar surface area (TPSA) is 84.0 Å². The fraction of sp³-hybridized carbons (Fsp3) is 0.294. The summed E-state index contributed by atoms with van der Waals surface area (Å²) in [7, 11) is 0. The first-order valence-corrected chi connectivity index (χ1v) is 7.31. The smallest absolute Gasteiger partial charge is 0.270 e. The van der Waals surface area contributed by atoms with Crippen molar-refractivity contribution in [1.29, 1.82) is 0 Å². The molecule has 23 heavy (non-hydrogen) atoms. The van der Waals surface area contributed by atoms with Crippen LogP contribution in [0.1, 0.15) is 47.2 Å². The molecule has 0 atom stereocenters. The van der Waals surface area contributed by atoms with Gasteiger partial charge in [-0.1, -0.05) is 6.07 Å². The first-order chi connectivity index (χ1) is 10.8. The van der Waals surface area contributed by atoms with Crippen molar-refractivity contribution in [2.45, 2.75) is 32.9 Å². The molecular weight excluding hydrogens is 292 g/mol. The molecule has 2 rings (SSSR count). The number of nitrogens with one attached hydrogen (secondary N) is 2. The van der Waals surface area contributed by atoms with Gasteiger partial charge in [0.25, 0.3) is 11.8 Å². The molecule has 0 aromatic carbocycles. The van der Waals surface area contributed by atoms with E-state index in [0.717, 1.165) is 5.56 Å². The van der Waals surface area contributed by atoms with Gasteiger partial charge >= 0.3 is 0 Å². The summed E-state index contributed by atoms with van der Waals surface area (Å²) in [6.07, 6.45) is 4.81. The molecule has 0 unspecified atom stereocenters. The van der Waals surface area contributed by atoms with E-state index in [1.54, 1.807) is 24.5 Å². The lowest BCUT2D eigenvalue weighted by Crippen LogP contribution is -2.40. The van der Waals surface area contributed by atoms with Gasteiger partial charge in [-0.15, -0.1) is 0 Å². The van der Waals surface area contributed by atoms with E-state index in [2.05, 4.69) is 20.6 Å². The second-order valence-corrected chi connectivity index (χ2v) is 6.18. The Labute approximate surface area is 135 Å². The van der Waals surface area contributed by atoms with Crippen LogP contribution in [0.2, 0.25) is 0 Å². The molecule has 0 radical (unpaired) electrons. The Morgan fingerprint density at radius 1 is 1.13 bits per heavy atom. The Morgan fingerprint density at radius 2 is 1.91 bits per heavy atom. The van der Waals surface area contributed by atoms with Gasteiger partial charge in [0.1, 0.15) is 5.69 Å². The van der Waals surface area contributed by atoms with E-state index in [0.29, 0.717) is 12.1 Å². The fourth-order valence-electron chi connectivity index (χ4n) is 1.88. The maximum atomic E-state index is 12.2. The average Bonchev–Trinajstić information content (AvgIpc) is 2.52. The van der Waals surface area contributed by atoms with E-state index in [1.165, 1.54) is 12.3 Å². The summed E-state index contributed by atoms with van der Waals surface area (Å²) >= 11 is 0. The second-order valence-electron chi connectivity index (χ2n) is 6.18. The molecule has 2 heterocycles. The van der Waals surface area contributed by atoms with Crippen LogP contribution in [0.5, 0.6) is 0 Å². The SMILES string of the molecule is CC(C)(C)NC(=O)c1ccnc(C(=O)NCc2cccnc2)c1. The summed E-state index contributed by atoms with van der Waals surface area (Å²) in [5, 5.41) is 5.61.